The van der Waals surface area contributed by atoms with E-state index in [1.165, 1.54) is 12.8 Å². The number of carbonyl (C=O) groups is 1. The van der Waals surface area contributed by atoms with E-state index in [1.54, 1.807) is 24.2 Å². The highest BCUT2D eigenvalue weighted by molar-refractivity contribution is 6.32. The van der Waals surface area contributed by atoms with Gasteiger partial charge in [-0.2, -0.15) is 0 Å². The normalized spacial score (nSPS) is 18.5. The Labute approximate surface area is 201 Å². The molecule has 1 amide bonds. The molecule has 0 aromatic heterocycles. The van der Waals surface area contributed by atoms with Gasteiger partial charge in [0.2, 0.25) is 0 Å². The molecular weight excluding hydrogens is 438 g/mol. The fraction of sp³-hybridized carbons (Fsp3) is 0.423. The van der Waals surface area contributed by atoms with Crippen molar-refractivity contribution in [3.05, 3.63) is 58.6 Å². The van der Waals surface area contributed by atoms with Gasteiger partial charge in [-0.1, -0.05) is 29.8 Å². The first-order valence-corrected chi connectivity index (χ1v) is 11.9. The number of nitrogens with one attached hydrogen (secondary N) is 1. The molecule has 0 aliphatic carbocycles. The Bertz CT molecular complexity index is 1010. The van der Waals surface area contributed by atoms with Crippen LogP contribution in [-0.2, 0) is 11.2 Å². The van der Waals surface area contributed by atoms with Gasteiger partial charge in [0.1, 0.15) is 6.61 Å². The molecule has 0 radical (unpaired) electrons. The minimum absolute atomic E-state index is 0.0730. The minimum Gasteiger partial charge on any atom is -0.493 e. The number of halogens is 1. The molecule has 1 fully saturated rings. The summed E-state index contributed by atoms with van der Waals surface area (Å²) in [6, 6.07) is 12.0. The highest BCUT2D eigenvalue weighted by atomic mass is 35.5. The van der Waals surface area contributed by atoms with E-state index < -0.39 is 0 Å². The van der Waals surface area contributed by atoms with Crippen molar-refractivity contribution in [2.45, 2.75) is 25.3 Å². The van der Waals surface area contributed by atoms with Crippen molar-refractivity contribution in [2.75, 3.05) is 51.8 Å². The van der Waals surface area contributed by atoms with Crippen LogP contribution in [-0.4, -0.2) is 63.8 Å². The van der Waals surface area contributed by atoms with Crippen LogP contribution in [0.1, 0.15) is 24.0 Å². The van der Waals surface area contributed by atoms with E-state index in [0.717, 1.165) is 42.9 Å². The number of nitrogens with zero attached hydrogens (tertiary/aromatic N) is 2. The van der Waals surface area contributed by atoms with Crippen LogP contribution in [0.2, 0.25) is 5.02 Å². The molecule has 1 saturated heterocycles. The fourth-order valence-electron chi connectivity index (χ4n) is 4.54. The number of likely N-dealkylation sites (tertiary alicyclic amines) is 1. The van der Waals surface area contributed by atoms with Crippen LogP contribution in [0.3, 0.4) is 0 Å². The maximum absolute atomic E-state index is 12.9. The number of piperidine rings is 1. The first-order valence-electron chi connectivity index (χ1n) is 11.6. The summed E-state index contributed by atoms with van der Waals surface area (Å²) in [4.78, 5) is 17.2. The summed E-state index contributed by atoms with van der Waals surface area (Å²) in [5.41, 5.74) is 2.79. The van der Waals surface area contributed by atoms with Gasteiger partial charge in [0.05, 0.1) is 12.8 Å². The molecule has 2 aromatic carbocycles. The van der Waals surface area contributed by atoms with Gasteiger partial charge >= 0.3 is 0 Å². The average Bonchev–Trinajstić information content (AvgIpc) is 3.26. The summed E-state index contributed by atoms with van der Waals surface area (Å²) in [6.45, 7) is 4.21. The van der Waals surface area contributed by atoms with Crippen LogP contribution in [0.5, 0.6) is 11.5 Å². The van der Waals surface area contributed by atoms with Crippen LogP contribution in [0.4, 0.5) is 5.69 Å². The lowest BCUT2D eigenvalue weighted by Gasteiger charge is -2.32. The van der Waals surface area contributed by atoms with E-state index in [0.29, 0.717) is 35.7 Å². The minimum atomic E-state index is -0.0730. The standard InChI is InChI=1S/C26H32ClN3O3/c1-28-21-7-5-12-29(18-21)14-15-33-25-17-23-20(16-24(25)32-2)11-13-30(23)26(31)10-9-19-6-3-4-8-22(19)27/h3-4,6,8-10,16-17,21,28H,5,7,11-15,18H2,1-2H3/b10-9+. The highest BCUT2D eigenvalue weighted by Gasteiger charge is 2.26. The Morgan fingerprint density at radius 1 is 1.24 bits per heavy atom. The van der Waals surface area contributed by atoms with Gasteiger partial charge in [0, 0.05) is 42.8 Å². The predicted molar refractivity (Wildman–Crippen MR) is 134 cm³/mol. The molecule has 0 spiro atoms. The van der Waals surface area contributed by atoms with Crippen LogP contribution < -0.4 is 19.7 Å². The first-order chi connectivity index (χ1) is 16.1. The third-order valence-corrected chi connectivity index (χ3v) is 6.76. The zero-order valence-corrected chi connectivity index (χ0v) is 20.1. The summed E-state index contributed by atoms with van der Waals surface area (Å²) < 4.78 is 11.7. The zero-order valence-electron chi connectivity index (χ0n) is 19.4. The number of likely N-dealkylation sites (N-methyl/N-ethyl adjacent to an activating group) is 1. The topological polar surface area (TPSA) is 54.0 Å². The number of benzene rings is 2. The van der Waals surface area contributed by atoms with Gasteiger partial charge in [-0.25, -0.2) is 0 Å². The number of anilines is 1. The number of amides is 1. The molecule has 176 valence electrons. The molecule has 4 rings (SSSR count). The lowest BCUT2D eigenvalue weighted by Crippen LogP contribution is -2.45. The summed E-state index contributed by atoms with van der Waals surface area (Å²) in [5.74, 6) is 1.31. The van der Waals surface area contributed by atoms with E-state index in [1.807, 2.05) is 43.4 Å². The van der Waals surface area contributed by atoms with Crippen LogP contribution >= 0.6 is 11.6 Å². The third-order valence-electron chi connectivity index (χ3n) is 6.42. The summed E-state index contributed by atoms with van der Waals surface area (Å²) in [5, 5.41) is 4.00. The second-order valence-corrected chi connectivity index (χ2v) is 8.91. The number of hydrogen-bond donors (Lipinski definition) is 1. The summed E-state index contributed by atoms with van der Waals surface area (Å²) >= 11 is 6.21. The Morgan fingerprint density at radius 2 is 2.09 bits per heavy atom. The number of carbonyl (C=O) groups excluding carboxylic acids is 1. The Hall–Kier alpha value is -2.54. The van der Waals surface area contributed by atoms with E-state index >= 15 is 0 Å². The van der Waals surface area contributed by atoms with E-state index in [-0.39, 0.29) is 5.91 Å². The lowest BCUT2D eigenvalue weighted by molar-refractivity contribution is -0.114. The second kappa shape index (κ2) is 11.1. The Balaban J connectivity index is 1.43. The smallest absolute Gasteiger partial charge is 0.251 e. The van der Waals surface area contributed by atoms with Crippen molar-refractivity contribution < 1.29 is 14.3 Å². The highest BCUT2D eigenvalue weighted by Crippen LogP contribution is 2.39. The summed E-state index contributed by atoms with van der Waals surface area (Å²) in [6.07, 6.45) is 6.56. The molecule has 33 heavy (non-hydrogen) atoms. The molecular formula is C26H32ClN3O3. The predicted octanol–water partition coefficient (Wildman–Crippen LogP) is 4.01. The quantitative estimate of drug-likeness (QED) is 0.592. The monoisotopic (exact) mass is 469 g/mol. The van der Waals surface area contributed by atoms with Gasteiger partial charge in [-0.15, -0.1) is 0 Å². The molecule has 0 saturated carbocycles. The van der Waals surface area contributed by atoms with Crippen molar-refractivity contribution in [1.29, 1.82) is 0 Å². The van der Waals surface area contributed by atoms with E-state index in [4.69, 9.17) is 21.1 Å². The lowest BCUT2D eigenvalue weighted by atomic mass is 10.1. The number of fused-ring (bicyclic) bond motifs is 1. The van der Waals surface area contributed by atoms with Gasteiger partial charge in [0.15, 0.2) is 11.5 Å². The van der Waals surface area contributed by atoms with Crippen molar-refractivity contribution in [3.8, 4) is 11.5 Å². The molecule has 1 atom stereocenters. The molecule has 7 heteroatoms. The molecule has 2 aliphatic heterocycles. The molecule has 2 aliphatic rings. The SMILES string of the molecule is CNC1CCCN(CCOc2cc3c(cc2OC)CCN3C(=O)/C=C/c2ccccc2Cl)C1. The first kappa shape index (κ1) is 23.6. The third kappa shape index (κ3) is 5.69. The van der Waals surface area contributed by atoms with Crippen molar-refractivity contribution in [2.24, 2.45) is 0 Å². The van der Waals surface area contributed by atoms with Crippen molar-refractivity contribution in [3.63, 3.8) is 0 Å². The van der Waals surface area contributed by atoms with E-state index in [9.17, 15) is 4.79 Å². The fourth-order valence-corrected chi connectivity index (χ4v) is 4.74. The van der Waals surface area contributed by atoms with Crippen LogP contribution in [0, 0.1) is 0 Å². The zero-order chi connectivity index (χ0) is 23.2. The summed E-state index contributed by atoms with van der Waals surface area (Å²) in [7, 11) is 3.68. The number of rotatable bonds is 8. The molecule has 0 bridgehead atoms. The number of methoxy groups -OCH3 is 1. The number of hydrogen-bond acceptors (Lipinski definition) is 5. The van der Waals surface area contributed by atoms with Gasteiger partial charge in [-0.05, 0) is 62.2 Å². The molecule has 1 N–H and O–H groups in total. The van der Waals surface area contributed by atoms with Crippen molar-refractivity contribution >= 4 is 29.3 Å². The molecule has 2 aromatic rings. The Morgan fingerprint density at radius 3 is 2.88 bits per heavy atom. The average molecular weight is 470 g/mol. The Kier molecular flexibility index (Phi) is 7.91. The maximum Gasteiger partial charge on any atom is 0.251 e. The van der Waals surface area contributed by atoms with Gasteiger partial charge < -0.3 is 19.7 Å². The molecule has 2 heterocycles. The van der Waals surface area contributed by atoms with E-state index in [2.05, 4.69) is 10.2 Å². The largest absolute Gasteiger partial charge is 0.493 e. The molecule has 6 nitrogen and oxygen atoms in total. The van der Waals surface area contributed by atoms with Crippen LogP contribution in [0.15, 0.2) is 42.5 Å². The van der Waals surface area contributed by atoms with Crippen molar-refractivity contribution in [1.82, 2.24) is 10.2 Å². The maximum atomic E-state index is 12.9. The van der Waals surface area contributed by atoms with Gasteiger partial charge in [-0.3, -0.25) is 9.69 Å². The number of ether oxygens (including phenoxy) is 2. The molecule has 1 unspecified atom stereocenters. The van der Waals surface area contributed by atoms with Gasteiger partial charge in [0.25, 0.3) is 5.91 Å². The second-order valence-electron chi connectivity index (χ2n) is 8.50. The van der Waals surface area contributed by atoms with Crippen LogP contribution in [0.25, 0.3) is 6.08 Å².